The van der Waals surface area contributed by atoms with Gasteiger partial charge in [-0.2, -0.15) is 5.26 Å². The maximum absolute atomic E-state index is 14.4. The number of hydrogen-bond acceptors (Lipinski definition) is 1. The summed E-state index contributed by atoms with van der Waals surface area (Å²) >= 11 is 0. The summed E-state index contributed by atoms with van der Waals surface area (Å²) in [6.45, 7) is 2.29. The lowest BCUT2D eigenvalue weighted by Gasteiger charge is -2.28. The first-order chi connectivity index (χ1) is 13.6. The van der Waals surface area contributed by atoms with Crippen LogP contribution in [0.4, 0.5) is 8.78 Å². The summed E-state index contributed by atoms with van der Waals surface area (Å²) in [5, 5.41) is 8.95. The third kappa shape index (κ3) is 3.49. The molecule has 1 nitrogen and oxygen atoms in total. The van der Waals surface area contributed by atoms with Crippen molar-refractivity contribution in [2.45, 2.75) is 57.8 Å². The molecule has 4 rings (SSSR count). The normalized spacial score (nSPS) is 21.6. The predicted octanol–water partition coefficient (Wildman–Crippen LogP) is 7.01. The third-order valence-electron chi connectivity index (χ3n) is 6.62. The molecule has 0 aromatic heterocycles. The molecule has 3 heteroatoms. The second-order valence-electron chi connectivity index (χ2n) is 8.14. The highest BCUT2D eigenvalue weighted by Gasteiger charge is 2.23. The molecule has 0 aliphatic heterocycles. The summed E-state index contributed by atoms with van der Waals surface area (Å²) in [6.07, 6.45) is 9.54. The molecule has 1 fully saturated rings. The van der Waals surface area contributed by atoms with Crippen LogP contribution >= 0.6 is 0 Å². The van der Waals surface area contributed by atoms with Gasteiger partial charge in [0.15, 0.2) is 0 Å². The lowest BCUT2D eigenvalue weighted by atomic mass is 9.77. The van der Waals surface area contributed by atoms with E-state index in [2.05, 4.69) is 31.2 Å². The highest BCUT2D eigenvalue weighted by atomic mass is 19.1. The number of nitriles is 1. The van der Waals surface area contributed by atoms with Gasteiger partial charge in [-0.3, -0.25) is 0 Å². The number of rotatable bonds is 3. The van der Waals surface area contributed by atoms with Crippen LogP contribution in [0.2, 0.25) is 0 Å². The molecule has 144 valence electrons. The Morgan fingerprint density at radius 3 is 2.39 bits per heavy atom. The van der Waals surface area contributed by atoms with E-state index in [1.807, 2.05) is 6.08 Å². The van der Waals surface area contributed by atoms with Crippen molar-refractivity contribution in [3.8, 4) is 6.07 Å². The number of benzene rings is 2. The number of allylic oxidation sites excluding steroid dienone is 1. The molecule has 2 aliphatic carbocycles. The summed E-state index contributed by atoms with van der Waals surface area (Å²) < 4.78 is 28.4. The zero-order chi connectivity index (χ0) is 19.7. The number of halogens is 2. The van der Waals surface area contributed by atoms with Gasteiger partial charge in [-0.1, -0.05) is 43.7 Å². The molecule has 28 heavy (non-hydrogen) atoms. The smallest absolute Gasteiger partial charge is 0.147 e. The van der Waals surface area contributed by atoms with Gasteiger partial charge in [-0.05, 0) is 84.3 Å². The van der Waals surface area contributed by atoms with E-state index in [9.17, 15) is 8.78 Å². The van der Waals surface area contributed by atoms with E-state index in [0.29, 0.717) is 29.9 Å². The molecule has 0 heterocycles. The molecule has 0 spiro atoms. The first-order valence-corrected chi connectivity index (χ1v) is 10.3. The van der Waals surface area contributed by atoms with Crippen molar-refractivity contribution in [2.24, 2.45) is 5.92 Å². The summed E-state index contributed by atoms with van der Waals surface area (Å²) in [6, 6.07) is 11.7. The SMILES string of the molecule is CCC1CCC(c2ccc(C3=Cc4cc(F)c(C#N)c(F)c4CC3)cc2)CC1. The van der Waals surface area contributed by atoms with Crippen LogP contribution in [0.3, 0.4) is 0 Å². The van der Waals surface area contributed by atoms with Crippen LogP contribution in [-0.4, -0.2) is 0 Å². The quantitative estimate of drug-likeness (QED) is 0.564. The van der Waals surface area contributed by atoms with Crippen LogP contribution in [-0.2, 0) is 6.42 Å². The Morgan fingerprint density at radius 2 is 1.75 bits per heavy atom. The van der Waals surface area contributed by atoms with Crippen LogP contribution in [0.1, 0.15) is 79.2 Å². The molecule has 0 atom stereocenters. The van der Waals surface area contributed by atoms with Crippen LogP contribution in [0, 0.1) is 28.9 Å². The fourth-order valence-corrected chi connectivity index (χ4v) is 4.78. The van der Waals surface area contributed by atoms with Crippen molar-refractivity contribution >= 4 is 11.6 Å². The molecule has 2 aliphatic rings. The summed E-state index contributed by atoms with van der Waals surface area (Å²) in [5.74, 6) is 0.0657. The predicted molar refractivity (Wildman–Crippen MR) is 109 cm³/mol. The van der Waals surface area contributed by atoms with Crippen LogP contribution < -0.4 is 0 Å². The van der Waals surface area contributed by atoms with Crippen molar-refractivity contribution in [2.75, 3.05) is 0 Å². The van der Waals surface area contributed by atoms with Crippen molar-refractivity contribution < 1.29 is 8.78 Å². The Morgan fingerprint density at radius 1 is 1.04 bits per heavy atom. The Bertz CT molecular complexity index is 942. The lowest BCUT2D eigenvalue weighted by molar-refractivity contribution is 0.319. The molecule has 0 unspecified atom stereocenters. The average molecular weight is 377 g/mol. The summed E-state index contributed by atoms with van der Waals surface area (Å²) in [4.78, 5) is 0. The van der Waals surface area contributed by atoms with Crippen molar-refractivity contribution in [3.05, 3.63) is 69.8 Å². The molecule has 0 radical (unpaired) electrons. The van der Waals surface area contributed by atoms with Crippen LogP contribution in [0.15, 0.2) is 30.3 Å². The minimum atomic E-state index is -0.783. The molecule has 0 bridgehead atoms. The topological polar surface area (TPSA) is 23.8 Å². The van der Waals surface area contributed by atoms with Gasteiger partial charge in [0.25, 0.3) is 0 Å². The molecule has 0 saturated heterocycles. The molecule has 1 saturated carbocycles. The van der Waals surface area contributed by atoms with Gasteiger partial charge in [0.05, 0.1) is 0 Å². The maximum Gasteiger partial charge on any atom is 0.147 e. The fourth-order valence-electron chi connectivity index (χ4n) is 4.78. The van der Waals surface area contributed by atoms with Crippen molar-refractivity contribution in [1.29, 1.82) is 5.26 Å². The van der Waals surface area contributed by atoms with E-state index in [0.717, 1.165) is 17.1 Å². The zero-order valence-electron chi connectivity index (χ0n) is 16.3. The average Bonchev–Trinajstić information content (AvgIpc) is 2.74. The van der Waals surface area contributed by atoms with Gasteiger partial charge in [-0.25, -0.2) is 8.78 Å². The number of fused-ring (bicyclic) bond motifs is 1. The second-order valence-corrected chi connectivity index (χ2v) is 8.14. The van der Waals surface area contributed by atoms with E-state index in [-0.39, 0.29) is 0 Å². The standard InChI is InChI=1S/C25H25F2N/c1-2-16-3-5-17(6-4-16)18-7-9-19(10-8-18)20-11-12-22-21(13-20)14-24(26)23(15-28)25(22)27/h7-10,13-14,16-17H,2-6,11-12H2,1H3. The number of hydrogen-bond donors (Lipinski definition) is 0. The third-order valence-corrected chi connectivity index (χ3v) is 6.62. The van der Waals surface area contributed by atoms with E-state index >= 15 is 0 Å². The van der Waals surface area contributed by atoms with Gasteiger partial charge < -0.3 is 0 Å². The Balaban J connectivity index is 1.56. The van der Waals surface area contributed by atoms with Crippen LogP contribution in [0.25, 0.3) is 11.6 Å². The molecule has 2 aromatic rings. The monoisotopic (exact) mass is 377 g/mol. The van der Waals surface area contributed by atoms with Crippen LogP contribution in [0.5, 0.6) is 0 Å². The first kappa shape index (κ1) is 18.9. The Hall–Kier alpha value is -2.47. The van der Waals surface area contributed by atoms with Gasteiger partial charge >= 0.3 is 0 Å². The molecular weight excluding hydrogens is 352 g/mol. The summed E-state index contributed by atoms with van der Waals surface area (Å²) in [5.41, 5.74) is 4.14. The Labute approximate surface area is 165 Å². The van der Waals surface area contributed by atoms with Gasteiger partial charge in [0.1, 0.15) is 23.3 Å². The minimum Gasteiger partial charge on any atom is -0.205 e. The molecule has 0 N–H and O–H groups in total. The van der Waals surface area contributed by atoms with E-state index in [4.69, 9.17) is 5.26 Å². The highest BCUT2D eigenvalue weighted by Crippen LogP contribution is 2.38. The number of nitrogens with zero attached hydrogens (tertiary/aromatic N) is 1. The first-order valence-electron chi connectivity index (χ1n) is 10.3. The maximum atomic E-state index is 14.4. The van der Waals surface area contributed by atoms with Gasteiger partial charge in [0.2, 0.25) is 0 Å². The largest absolute Gasteiger partial charge is 0.205 e. The Kier molecular flexibility index (Phi) is 5.31. The van der Waals surface area contributed by atoms with Gasteiger partial charge in [-0.15, -0.1) is 0 Å². The van der Waals surface area contributed by atoms with E-state index in [1.54, 1.807) is 6.07 Å². The van der Waals surface area contributed by atoms with Gasteiger partial charge in [0, 0.05) is 0 Å². The second kappa shape index (κ2) is 7.87. The van der Waals surface area contributed by atoms with E-state index < -0.39 is 17.2 Å². The minimum absolute atomic E-state index is 0.450. The highest BCUT2D eigenvalue weighted by molar-refractivity contribution is 5.84. The van der Waals surface area contributed by atoms with E-state index in [1.165, 1.54) is 43.7 Å². The zero-order valence-corrected chi connectivity index (χ0v) is 16.3. The fraction of sp³-hybridized carbons (Fsp3) is 0.400. The van der Waals surface area contributed by atoms with Crippen molar-refractivity contribution in [3.63, 3.8) is 0 Å². The molecular formula is C25H25F2N. The summed E-state index contributed by atoms with van der Waals surface area (Å²) in [7, 11) is 0. The lowest BCUT2D eigenvalue weighted by Crippen LogP contribution is -2.12. The molecule has 0 amide bonds. The molecule has 2 aromatic carbocycles. The van der Waals surface area contributed by atoms with Crippen molar-refractivity contribution in [1.82, 2.24) is 0 Å².